The van der Waals surface area contributed by atoms with E-state index in [1.54, 1.807) is 12.4 Å². The van der Waals surface area contributed by atoms with Crippen LogP contribution in [0.5, 0.6) is 0 Å². The number of primary amides is 1. The minimum Gasteiger partial charge on any atom is -0.368 e. The van der Waals surface area contributed by atoms with Crippen LogP contribution < -0.4 is 16.4 Å². The fourth-order valence-electron chi connectivity index (χ4n) is 2.29. The number of nitrogens with one attached hydrogen (secondary N) is 1. The molecule has 1 amide bonds. The maximum absolute atomic E-state index is 11.8. The molecule has 0 saturated carbocycles. The molecular formula is C15H21N5O. The van der Waals surface area contributed by atoms with Gasteiger partial charge < -0.3 is 21.4 Å². The summed E-state index contributed by atoms with van der Waals surface area (Å²) in [6.45, 7) is 1.09. The molecule has 1 heterocycles. The summed E-state index contributed by atoms with van der Waals surface area (Å²) in [6.07, 6.45) is 4.74. The number of carbonyl (C=O) groups is 1. The number of hydrogen-bond acceptors (Lipinski definition) is 4. The smallest absolute Gasteiger partial charge is 0.240 e. The molecule has 0 aliphatic heterocycles. The lowest BCUT2D eigenvalue weighted by atomic mass is 10.1. The summed E-state index contributed by atoms with van der Waals surface area (Å²) < 4.78 is 0. The van der Waals surface area contributed by atoms with E-state index in [1.807, 2.05) is 35.2 Å². The van der Waals surface area contributed by atoms with E-state index in [0.717, 1.165) is 12.0 Å². The standard InChI is InChI=1S/C15H21N5O/c16-8-4-7-13(14(17)21)20(15-18-9-10-19-15)11-12-5-2-1-3-6-12/h1-3,5-6,9-10,13H,4,7-8,11,16H2,(H2,17,21)(H,18,19)/t13-/m0/s1. The van der Waals surface area contributed by atoms with E-state index in [4.69, 9.17) is 11.5 Å². The van der Waals surface area contributed by atoms with E-state index in [0.29, 0.717) is 25.5 Å². The highest BCUT2D eigenvalue weighted by Gasteiger charge is 2.25. The Bertz CT molecular complexity index is 540. The number of anilines is 1. The Morgan fingerprint density at radius 3 is 2.67 bits per heavy atom. The fraction of sp³-hybridized carbons (Fsp3) is 0.333. The molecule has 6 nitrogen and oxygen atoms in total. The largest absolute Gasteiger partial charge is 0.368 e. The van der Waals surface area contributed by atoms with Gasteiger partial charge in [0, 0.05) is 18.9 Å². The second kappa shape index (κ2) is 7.44. The molecule has 0 aliphatic carbocycles. The van der Waals surface area contributed by atoms with E-state index < -0.39 is 6.04 Å². The van der Waals surface area contributed by atoms with Crippen LogP contribution in [0.3, 0.4) is 0 Å². The number of imidazole rings is 1. The molecule has 0 unspecified atom stereocenters. The van der Waals surface area contributed by atoms with Gasteiger partial charge in [-0.1, -0.05) is 30.3 Å². The van der Waals surface area contributed by atoms with Crippen molar-refractivity contribution in [1.82, 2.24) is 9.97 Å². The van der Waals surface area contributed by atoms with Crippen molar-refractivity contribution in [3.05, 3.63) is 48.3 Å². The van der Waals surface area contributed by atoms with E-state index in [9.17, 15) is 4.79 Å². The molecule has 5 N–H and O–H groups in total. The molecule has 2 aromatic rings. The van der Waals surface area contributed by atoms with Crippen LogP contribution in [0.1, 0.15) is 18.4 Å². The van der Waals surface area contributed by atoms with Crippen LogP contribution in [-0.4, -0.2) is 28.5 Å². The molecule has 0 bridgehead atoms. The van der Waals surface area contributed by atoms with E-state index >= 15 is 0 Å². The number of H-pyrrole nitrogens is 1. The number of rotatable bonds is 8. The van der Waals surface area contributed by atoms with Gasteiger partial charge in [0.25, 0.3) is 0 Å². The molecule has 1 aromatic heterocycles. The third-order valence-corrected chi connectivity index (χ3v) is 3.34. The zero-order valence-corrected chi connectivity index (χ0v) is 11.9. The first kappa shape index (κ1) is 15.1. The van der Waals surface area contributed by atoms with Crippen molar-refractivity contribution in [2.45, 2.75) is 25.4 Å². The summed E-state index contributed by atoms with van der Waals surface area (Å²) in [7, 11) is 0. The highest BCUT2D eigenvalue weighted by atomic mass is 16.1. The minimum atomic E-state index is -0.431. The Labute approximate surface area is 124 Å². The van der Waals surface area contributed by atoms with Gasteiger partial charge in [-0.15, -0.1) is 0 Å². The van der Waals surface area contributed by atoms with Crippen molar-refractivity contribution >= 4 is 11.9 Å². The van der Waals surface area contributed by atoms with Crippen molar-refractivity contribution in [3.63, 3.8) is 0 Å². The Hall–Kier alpha value is -2.34. The van der Waals surface area contributed by atoms with Gasteiger partial charge in [0.2, 0.25) is 11.9 Å². The zero-order chi connectivity index (χ0) is 15.1. The van der Waals surface area contributed by atoms with Crippen LogP contribution in [0.2, 0.25) is 0 Å². The zero-order valence-electron chi connectivity index (χ0n) is 11.9. The summed E-state index contributed by atoms with van der Waals surface area (Å²) in [5, 5.41) is 0. The summed E-state index contributed by atoms with van der Waals surface area (Å²) in [4.78, 5) is 21.0. The lowest BCUT2D eigenvalue weighted by Gasteiger charge is -2.29. The first-order valence-electron chi connectivity index (χ1n) is 7.01. The summed E-state index contributed by atoms with van der Waals surface area (Å²) >= 11 is 0. The maximum atomic E-state index is 11.8. The topological polar surface area (TPSA) is 101 Å². The predicted octanol–water partition coefficient (Wildman–Crippen LogP) is 1.01. The lowest BCUT2D eigenvalue weighted by molar-refractivity contribution is -0.119. The van der Waals surface area contributed by atoms with Gasteiger partial charge in [0.15, 0.2) is 0 Å². The molecule has 0 fully saturated rings. The molecule has 112 valence electrons. The summed E-state index contributed by atoms with van der Waals surface area (Å²) in [6, 6.07) is 9.48. The van der Waals surface area contributed by atoms with Crippen LogP contribution in [0.4, 0.5) is 5.95 Å². The van der Waals surface area contributed by atoms with Crippen LogP contribution in [0, 0.1) is 0 Å². The Balaban J connectivity index is 2.24. The Morgan fingerprint density at radius 1 is 1.33 bits per heavy atom. The van der Waals surface area contributed by atoms with Crippen LogP contribution in [0.25, 0.3) is 0 Å². The third kappa shape index (κ3) is 4.06. The monoisotopic (exact) mass is 287 g/mol. The first-order chi connectivity index (χ1) is 10.2. The van der Waals surface area contributed by atoms with Gasteiger partial charge in [0.1, 0.15) is 6.04 Å². The third-order valence-electron chi connectivity index (χ3n) is 3.34. The number of nitrogens with two attached hydrogens (primary N) is 2. The average molecular weight is 287 g/mol. The maximum Gasteiger partial charge on any atom is 0.240 e. The van der Waals surface area contributed by atoms with E-state index in [1.165, 1.54) is 0 Å². The van der Waals surface area contributed by atoms with E-state index in [2.05, 4.69) is 9.97 Å². The lowest BCUT2D eigenvalue weighted by Crippen LogP contribution is -2.45. The van der Waals surface area contributed by atoms with Crippen molar-refractivity contribution in [1.29, 1.82) is 0 Å². The number of hydrogen-bond donors (Lipinski definition) is 3. The highest BCUT2D eigenvalue weighted by Crippen LogP contribution is 2.18. The quantitative estimate of drug-likeness (QED) is 0.674. The van der Waals surface area contributed by atoms with E-state index in [-0.39, 0.29) is 5.91 Å². The fourth-order valence-corrected chi connectivity index (χ4v) is 2.29. The van der Waals surface area contributed by atoms with Gasteiger partial charge >= 0.3 is 0 Å². The van der Waals surface area contributed by atoms with Gasteiger partial charge in [0.05, 0.1) is 0 Å². The molecular weight excluding hydrogens is 266 g/mol. The van der Waals surface area contributed by atoms with Crippen LogP contribution >= 0.6 is 0 Å². The number of amides is 1. The van der Waals surface area contributed by atoms with Crippen molar-refractivity contribution in [2.75, 3.05) is 11.4 Å². The molecule has 0 radical (unpaired) electrons. The molecule has 21 heavy (non-hydrogen) atoms. The second-order valence-electron chi connectivity index (χ2n) is 4.88. The first-order valence-corrected chi connectivity index (χ1v) is 7.01. The molecule has 1 atom stereocenters. The van der Waals surface area contributed by atoms with Crippen LogP contribution in [0.15, 0.2) is 42.7 Å². The van der Waals surface area contributed by atoms with Crippen molar-refractivity contribution in [2.24, 2.45) is 11.5 Å². The van der Waals surface area contributed by atoms with Gasteiger partial charge in [-0.05, 0) is 24.9 Å². The number of aromatic nitrogens is 2. The number of benzene rings is 1. The van der Waals surface area contributed by atoms with Gasteiger partial charge in [-0.3, -0.25) is 4.79 Å². The SMILES string of the molecule is NCCC[C@@H](C(N)=O)N(Cc1ccccc1)c1ncc[nH]1. The van der Waals surface area contributed by atoms with Crippen molar-refractivity contribution in [3.8, 4) is 0 Å². The second-order valence-corrected chi connectivity index (χ2v) is 4.88. The Kier molecular flexibility index (Phi) is 5.34. The molecule has 0 aliphatic rings. The van der Waals surface area contributed by atoms with Gasteiger partial charge in [-0.25, -0.2) is 4.98 Å². The highest BCUT2D eigenvalue weighted by molar-refractivity contribution is 5.83. The minimum absolute atomic E-state index is 0.365. The summed E-state index contributed by atoms with van der Waals surface area (Å²) in [5.41, 5.74) is 12.2. The van der Waals surface area contributed by atoms with Gasteiger partial charge in [-0.2, -0.15) is 0 Å². The van der Waals surface area contributed by atoms with Crippen LogP contribution in [-0.2, 0) is 11.3 Å². The number of nitrogens with zero attached hydrogens (tertiary/aromatic N) is 2. The molecule has 0 spiro atoms. The Morgan fingerprint density at radius 2 is 2.10 bits per heavy atom. The molecule has 6 heteroatoms. The average Bonchev–Trinajstić information content (AvgIpc) is 3.01. The van der Waals surface area contributed by atoms with Crippen molar-refractivity contribution < 1.29 is 4.79 Å². The molecule has 0 saturated heterocycles. The molecule has 2 rings (SSSR count). The molecule has 1 aromatic carbocycles. The number of aromatic amines is 1. The number of carbonyl (C=O) groups excluding carboxylic acids is 1. The predicted molar refractivity (Wildman–Crippen MR) is 82.5 cm³/mol. The summed E-state index contributed by atoms with van der Waals surface area (Å²) in [5.74, 6) is 0.274. The normalized spacial score (nSPS) is 12.0.